The molecule has 0 radical (unpaired) electrons. The molecule has 0 bridgehead atoms. The first-order valence-corrected chi connectivity index (χ1v) is 10.7. The zero-order valence-electron chi connectivity index (χ0n) is 18.2. The lowest BCUT2D eigenvalue weighted by Gasteiger charge is -2.28. The van der Waals surface area contributed by atoms with Gasteiger partial charge in [0.2, 0.25) is 11.8 Å². The highest BCUT2D eigenvalue weighted by atomic mass is 19.1. The summed E-state index contributed by atoms with van der Waals surface area (Å²) >= 11 is 0. The van der Waals surface area contributed by atoms with Gasteiger partial charge in [-0.1, -0.05) is 0 Å². The van der Waals surface area contributed by atoms with Gasteiger partial charge in [-0.25, -0.2) is 13.8 Å². The van der Waals surface area contributed by atoms with Crippen LogP contribution in [0.25, 0.3) is 10.9 Å². The van der Waals surface area contributed by atoms with Crippen LogP contribution in [-0.2, 0) is 14.3 Å². The molecule has 0 saturated carbocycles. The van der Waals surface area contributed by atoms with Crippen molar-refractivity contribution in [2.24, 2.45) is 0 Å². The van der Waals surface area contributed by atoms with Crippen LogP contribution in [0.15, 0.2) is 42.5 Å². The number of ether oxygens (including phenoxy) is 1. The third kappa shape index (κ3) is 5.61. The van der Waals surface area contributed by atoms with Crippen LogP contribution >= 0.6 is 0 Å². The molecule has 2 aromatic carbocycles. The van der Waals surface area contributed by atoms with Crippen LogP contribution in [0.1, 0.15) is 18.4 Å². The maximum Gasteiger partial charge on any atom is 0.224 e. The molecule has 1 aromatic heterocycles. The number of anilines is 3. The molecule has 2 N–H and O–H groups in total. The van der Waals surface area contributed by atoms with Crippen LogP contribution < -0.4 is 15.5 Å². The zero-order chi connectivity index (χ0) is 23.4. The molecule has 4 rings (SSSR count). The van der Waals surface area contributed by atoms with E-state index in [4.69, 9.17) is 9.72 Å². The largest absolute Gasteiger partial charge is 0.378 e. The molecule has 0 unspecified atom stereocenters. The standard InChI is InChI=1S/C24H24F2N4O3/c1-15-12-22(30-8-10-33-11-9-30)28-20-5-3-17(14-18(15)20)27-23(31)6-7-24(32)29-21-4-2-16(25)13-19(21)26/h2-5,12-14H,6-11H2,1H3,(H,27,31)(H,29,32). The van der Waals surface area contributed by atoms with Crippen LogP contribution in [0, 0.1) is 18.6 Å². The number of fused-ring (bicyclic) bond motifs is 1. The van der Waals surface area contributed by atoms with Crippen LogP contribution in [0.2, 0.25) is 0 Å². The zero-order valence-corrected chi connectivity index (χ0v) is 18.2. The Hall–Kier alpha value is -3.59. The number of hydrogen-bond donors (Lipinski definition) is 2. The summed E-state index contributed by atoms with van der Waals surface area (Å²) in [6, 6.07) is 10.4. The third-order valence-corrected chi connectivity index (χ3v) is 5.41. The highest BCUT2D eigenvalue weighted by Crippen LogP contribution is 2.26. The lowest BCUT2D eigenvalue weighted by atomic mass is 10.1. The molecule has 1 aliphatic heterocycles. The Morgan fingerprint density at radius 2 is 1.73 bits per heavy atom. The average Bonchev–Trinajstić information content (AvgIpc) is 2.80. The van der Waals surface area contributed by atoms with E-state index in [1.54, 1.807) is 6.07 Å². The Kier molecular flexibility index (Phi) is 6.79. The maximum absolute atomic E-state index is 13.6. The summed E-state index contributed by atoms with van der Waals surface area (Å²) in [5.41, 5.74) is 2.34. The van der Waals surface area contributed by atoms with Gasteiger partial charge in [0, 0.05) is 43.1 Å². The second-order valence-electron chi connectivity index (χ2n) is 7.85. The molecule has 7 nitrogen and oxygen atoms in total. The first-order valence-electron chi connectivity index (χ1n) is 10.7. The van der Waals surface area contributed by atoms with E-state index in [2.05, 4.69) is 15.5 Å². The van der Waals surface area contributed by atoms with E-state index >= 15 is 0 Å². The van der Waals surface area contributed by atoms with Gasteiger partial charge in [0.05, 0.1) is 24.4 Å². The van der Waals surface area contributed by atoms with E-state index < -0.39 is 17.5 Å². The van der Waals surface area contributed by atoms with Crippen molar-refractivity contribution in [3.05, 3.63) is 59.7 Å². The second kappa shape index (κ2) is 9.91. The lowest BCUT2D eigenvalue weighted by Crippen LogP contribution is -2.36. The lowest BCUT2D eigenvalue weighted by molar-refractivity contribution is -0.121. The van der Waals surface area contributed by atoms with Gasteiger partial charge in [-0.05, 0) is 48.9 Å². The first kappa shape index (κ1) is 22.6. The van der Waals surface area contributed by atoms with Crippen molar-refractivity contribution in [2.75, 3.05) is 41.8 Å². The van der Waals surface area contributed by atoms with Crippen molar-refractivity contribution in [3.63, 3.8) is 0 Å². The van der Waals surface area contributed by atoms with Crippen LogP contribution in [0.4, 0.5) is 26.0 Å². The fourth-order valence-corrected chi connectivity index (χ4v) is 3.66. The number of morpholine rings is 1. The molecule has 3 aromatic rings. The number of aryl methyl sites for hydroxylation is 1. The Morgan fingerprint density at radius 3 is 2.45 bits per heavy atom. The number of halogens is 2. The van der Waals surface area contributed by atoms with Crippen molar-refractivity contribution in [3.8, 4) is 0 Å². The number of hydrogen-bond acceptors (Lipinski definition) is 5. The van der Waals surface area contributed by atoms with Gasteiger partial charge in [-0.15, -0.1) is 0 Å². The third-order valence-electron chi connectivity index (χ3n) is 5.41. The number of aromatic nitrogens is 1. The predicted octanol–water partition coefficient (Wildman–Crippen LogP) is 4.02. The Bertz CT molecular complexity index is 1200. The Balaban J connectivity index is 1.36. The van der Waals surface area contributed by atoms with Gasteiger partial charge >= 0.3 is 0 Å². The second-order valence-corrected chi connectivity index (χ2v) is 7.85. The minimum atomic E-state index is -0.871. The molecule has 2 amide bonds. The highest BCUT2D eigenvalue weighted by molar-refractivity contribution is 5.98. The van der Waals surface area contributed by atoms with Crippen molar-refractivity contribution in [1.29, 1.82) is 0 Å². The number of benzene rings is 2. The van der Waals surface area contributed by atoms with Gasteiger partial charge < -0.3 is 20.3 Å². The maximum atomic E-state index is 13.6. The molecule has 2 heterocycles. The number of nitrogens with one attached hydrogen (secondary N) is 2. The first-order chi connectivity index (χ1) is 15.9. The number of amides is 2. The summed E-state index contributed by atoms with van der Waals surface area (Å²) < 4.78 is 32.0. The van der Waals surface area contributed by atoms with Crippen molar-refractivity contribution < 1.29 is 23.1 Å². The minimum absolute atomic E-state index is 0.0834. The number of rotatable bonds is 6. The molecule has 33 heavy (non-hydrogen) atoms. The summed E-state index contributed by atoms with van der Waals surface area (Å²) in [5.74, 6) is -1.58. The monoisotopic (exact) mass is 454 g/mol. The average molecular weight is 454 g/mol. The van der Waals surface area contributed by atoms with E-state index in [-0.39, 0.29) is 24.4 Å². The smallest absolute Gasteiger partial charge is 0.224 e. The summed E-state index contributed by atoms with van der Waals surface area (Å²) in [6.45, 7) is 4.96. The molecule has 172 valence electrons. The van der Waals surface area contributed by atoms with Crippen LogP contribution in [-0.4, -0.2) is 43.1 Å². The number of pyridine rings is 1. The summed E-state index contributed by atoms with van der Waals surface area (Å²) in [6.07, 6.45) is -0.223. The fraction of sp³-hybridized carbons (Fsp3) is 0.292. The SMILES string of the molecule is Cc1cc(N2CCOCC2)nc2ccc(NC(=O)CCC(=O)Nc3ccc(F)cc3F)cc12. The Labute approximate surface area is 189 Å². The van der Waals surface area contributed by atoms with Gasteiger partial charge in [-0.3, -0.25) is 9.59 Å². The summed E-state index contributed by atoms with van der Waals surface area (Å²) in [5, 5.41) is 6.05. The van der Waals surface area contributed by atoms with Crippen molar-refractivity contribution >= 4 is 39.9 Å². The molecule has 1 saturated heterocycles. The quantitative estimate of drug-likeness (QED) is 0.588. The molecule has 1 aliphatic rings. The molecule has 9 heteroatoms. The number of carbonyl (C=O) groups excluding carboxylic acids is 2. The van der Waals surface area contributed by atoms with Gasteiger partial charge in [0.1, 0.15) is 17.5 Å². The topological polar surface area (TPSA) is 83.6 Å². The fourth-order valence-electron chi connectivity index (χ4n) is 3.66. The van der Waals surface area contributed by atoms with Gasteiger partial charge in [-0.2, -0.15) is 0 Å². The highest BCUT2D eigenvalue weighted by Gasteiger charge is 2.15. The summed E-state index contributed by atoms with van der Waals surface area (Å²) in [4.78, 5) is 31.3. The number of carbonyl (C=O) groups is 2. The van der Waals surface area contributed by atoms with E-state index in [0.29, 0.717) is 25.0 Å². The van der Waals surface area contributed by atoms with Gasteiger partial charge in [0.25, 0.3) is 0 Å². The minimum Gasteiger partial charge on any atom is -0.378 e. The van der Waals surface area contributed by atoms with Crippen LogP contribution in [0.5, 0.6) is 0 Å². The molecule has 1 fully saturated rings. The van der Waals surface area contributed by atoms with E-state index in [0.717, 1.165) is 47.5 Å². The molecule has 0 spiro atoms. The molecule has 0 aliphatic carbocycles. The molecule has 0 atom stereocenters. The van der Waals surface area contributed by atoms with Crippen LogP contribution in [0.3, 0.4) is 0 Å². The predicted molar refractivity (Wildman–Crippen MR) is 122 cm³/mol. The number of nitrogens with zero attached hydrogens (tertiary/aromatic N) is 2. The van der Waals surface area contributed by atoms with E-state index in [1.807, 2.05) is 25.1 Å². The van der Waals surface area contributed by atoms with E-state index in [9.17, 15) is 18.4 Å². The molecular weight excluding hydrogens is 430 g/mol. The summed E-state index contributed by atoms with van der Waals surface area (Å²) in [7, 11) is 0. The van der Waals surface area contributed by atoms with Crippen molar-refractivity contribution in [2.45, 2.75) is 19.8 Å². The van der Waals surface area contributed by atoms with Crippen molar-refractivity contribution in [1.82, 2.24) is 4.98 Å². The molecular formula is C24H24F2N4O3. The van der Waals surface area contributed by atoms with E-state index in [1.165, 1.54) is 0 Å². The normalized spacial score (nSPS) is 13.7. The van der Waals surface area contributed by atoms with Gasteiger partial charge in [0.15, 0.2) is 0 Å². The Morgan fingerprint density at radius 1 is 1.00 bits per heavy atom.